The van der Waals surface area contributed by atoms with E-state index in [0.29, 0.717) is 11.5 Å². The number of methoxy groups -OCH3 is 2. The van der Waals surface area contributed by atoms with Crippen LogP contribution in [0.5, 0.6) is 11.5 Å². The summed E-state index contributed by atoms with van der Waals surface area (Å²) in [5.41, 5.74) is 1.68. The molecule has 0 atom stereocenters. The number of benzene rings is 2. The number of rotatable bonds is 7. The van der Waals surface area contributed by atoms with Gasteiger partial charge in [0, 0.05) is 11.9 Å². The average molecular weight is 339 g/mol. The third kappa shape index (κ3) is 5.69. The number of carbonyl (C=O) groups excluding carboxylic acids is 1. The lowest BCUT2D eigenvalue weighted by atomic mass is 10.1. The fourth-order valence-corrected chi connectivity index (χ4v) is 2.17. The first kappa shape index (κ1) is 18.1. The van der Waals surface area contributed by atoms with Crippen LogP contribution in [-0.4, -0.2) is 26.0 Å². The van der Waals surface area contributed by atoms with E-state index in [2.05, 4.69) is 10.6 Å². The maximum Gasteiger partial charge on any atom is 0.229 e. The summed E-state index contributed by atoms with van der Waals surface area (Å²) in [6, 6.07) is 14.8. The van der Waals surface area contributed by atoms with Crippen LogP contribution in [0, 0.1) is 5.41 Å². The van der Waals surface area contributed by atoms with Gasteiger partial charge < -0.3 is 20.1 Å². The number of amides is 1. The molecule has 0 aliphatic heterocycles. The Morgan fingerprint density at radius 2 is 1.80 bits per heavy atom. The fraction of sp³-hybridized carbons (Fsp3) is 0.158. The Kier molecular flexibility index (Phi) is 6.59. The van der Waals surface area contributed by atoms with Crippen molar-refractivity contribution in [1.29, 1.82) is 5.41 Å². The summed E-state index contributed by atoms with van der Waals surface area (Å²) in [6.07, 6.45) is 3.23. The van der Waals surface area contributed by atoms with Gasteiger partial charge in [0.25, 0.3) is 0 Å². The van der Waals surface area contributed by atoms with E-state index >= 15 is 0 Å². The van der Waals surface area contributed by atoms with Crippen molar-refractivity contribution in [2.24, 2.45) is 0 Å². The van der Waals surface area contributed by atoms with Crippen molar-refractivity contribution in [3.8, 4) is 11.5 Å². The number of amidine groups is 1. The Morgan fingerprint density at radius 1 is 1.08 bits per heavy atom. The van der Waals surface area contributed by atoms with Crippen molar-refractivity contribution in [1.82, 2.24) is 5.32 Å². The molecule has 0 radical (unpaired) electrons. The zero-order valence-corrected chi connectivity index (χ0v) is 14.2. The molecule has 6 nitrogen and oxygen atoms in total. The van der Waals surface area contributed by atoms with Crippen LogP contribution >= 0.6 is 0 Å². The third-order valence-electron chi connectivity index (χ3n) is 3.36. The highest BCUT2D eigenvalue weighted by atomic mass is 16.5. The summed E-state index contributed by atoms with van der Waals surface area (Å²) < 4.78 is 10.4. The maximum atomic E-state index is 12.0. The highest BCUT2D eigenvalue weighted by Crippen LogP contribution is 2.27. The molecule has 130 valence electrons. The van der Waals surface area contributed by atoms with Crippen LogP contribution in [0.4, 0.5) is 5.69 Å². The van der Waals surface area contributed by atoms with Crippen LogP contribution in [0.3, 0.4) is 0 Å². The van der Waals surface area contributed by atoms with Crippen molar-refractivity contribution in [2.75, 3.05) is 19.5 Å². The molecule has 3 N–H and O–H groups in total. The van der Waals surface area contributed by atoms with Gasteiger partial charge in [-0.2, -0.15) is 0 Å². The predicted octanol–water partition coefficient (Wildman–Crippen LogP) is 2.97. The van der Waals surface area contributed by atoms with E-state index in [0.717, 1.165) is 11.3 Å². The average Bonchev–Trinajstić information content (AvgIpc) is 2.62. The van der Waals surface area contributed by atoms with Gasteiger partial charge in [-0.05, 0) is 35.9 Å². The van der Waals surface area contributed by atoms with E-state index in [-0.39, 0.29) is 18.2 Å². The number of nitrogens with one attached hydrogen (secondary N) is 3. The third-order valence-corrected chi connectivity index (χ3v) is 3.36. The van der Waals surface area contributed by atoms with Crippen LogP contribution in [0.25, 0.3) is 0 Å². The van der Waals surface area contributed by atoms with Crippen LogP contribution in [0.15, 0.2) is 60.8 Å². The van der Waals surface area contributed by atoms with E-state index < -0.39 is 0 Å². The molecule has 0 spiro atoms. The summed E-state index contributed by atoms with van der Waals surface area (Å²) in [6.45, 7) is 0. The zero-order valence-electron chi connectivity index (χ0n) is 14.2. The minimum atomic E-state index is -0.276. The number of anilines is 1. The number of para-hydroxylation sites is 1. The molecule has 0 fully saturated rings. The molecule has 0 aliphatic rings. The van der Waals surface area contributed by atoms with E-state index in [1.807, 2.05) is 30.3 Å². The van der Waals surface area contributed by atoms with Crippen molar-refractivity contribution in [2.45, 2.75) is 6.42 Å². The van der Waals surface area contributed by atoms with Crippen molar-refractivity contribution in [3.63, 3.8) is 0 Å². The van der Waals surface area contributed by atoms with Crippen LogP contribution in [0.2, 0.25) is 0 Å². The summed E-state index contributed by atoms with van der Waals surface area (Å²) >= 11 is 0. The first-order valence-electron chi connectivity index (χ1n) is 7.70. The normalized spacial score (nSPS) is 10.3. The van der Waals surface area contributed by atoms with Gasteiger partial charge >= 0.3 is 0 Å². The molecule has 25 heavy (non-hydrogen) atoms. The summed E-state index contributed by atoms with van der Waals surface area (Å²) in [5, 5.41) is 13.3. The quantitative estimate of drug-likeness (QED) is 0.535. The molecule has 0 aliphatic carbocycles. The largest absolute Gasteiger partial charge is 0.493 e. The van der Waals surface area contributed by atoms with Gasteiger partial charge in [0.15, 0.2) is 11.5 Å². The summed E-state index contributed by atoms with van der Waals surface area (Å²) in [5.74, 6) is 0.902. The molecule has 0 aromatic heterocycles. The summed E-state index contributed by atoms with van der Waals surface area (Å²) in [7, 11) is 3.10. The second-order valence-corrected chi connectivity index (χ2v) is 5.17. The van der Waals surface area contributed by atoms with Crippen LogP contribution < -0.4 is 20.1 Å². The van der Waals surface area contributed by atoms with Gasteiger partial charge in [-0.15, -0.1) is 0 Å². The first-order chi connectivity index (χ1) is 12.1. The molecule has 2 rings (SSSR count). The number of ether oxygens (including phenoxy) is 2. The molecule has 0 bridgehead atoms. The maximum absolute atomic E-state index is 12.0. The fourth-order valence-electron chi connectivity index (χ4n) is 2.17. The number of hydrogen-bond acceptors (Lipinski definition) is 5. The smallest absolute Gasteiger partial charge is 0.229 e. The SMILES string of the molecule is COc1ccc(CC(=O)NC(=N)/C=C\Nc2ccccc2)cc1OC. The van der Waals surface area contributed by atoms with Gasteiger partial charge in [-0.25, -0.2) is 0 Å². The second kappa shape index (κ2) is 9.12. The molecule has 1 amide bonds. The topological polar surface area (TPSA) is 83.4 Å². The van der Waals surface area contributed by atoms with Gasteiger partial charge in [0.05, 0.1) is 20.6 Å². The Labute approximate surface area is 147 Å². The standard InChI is InChI=1S/C19H21N3O3/c1-24-16-9-8-14(12-17(16)25-2)13-19(23)22-18(20)10-11-21-15-6-4-3-5-7-15/h3-12,21H,13H2,1-2H3,(H2,20,22,23)/b11-10-. The minimum absolute atomic E-state index is 0.00825. The van der Waals surface area contributed by atoms with Gasteiger partial charge in [-0.3, -0.25) is 10.2 Å². The Hall–Kier alpha value is -3.28. The first-order valence-corrected chi connectivity index (χ1v) is 7.70. The Balaban J connectivity index is 1.86. The lowest BCUT2D eigenvalue weighted by molar-refractivity contribution is -0.119. The van der Waals surface area contributed by atoms with Crippen LogP contribution in [0.1, 0.15) is 5.56 Å². The van der Waals surface area contributed by atoms with Crippen LogP contribution in [-0.2, 0) is 11.2 Å². The van der Waals surface area contributed by atoms with E-state index in [1.54, 1.807) is 38.6 Å². The molecule has 0 heterocycles. The van der Waals surface area contributed by atoms with Gasteiger partial charge in [0.1, 0.15) is 5.84 Å². The second-order valence-electron chi connectivity index (χ2n) is 5.17. The van der Waals surface area contributed by atoms with Gasteiger partial charge in [0.2, 0.25) is 5.91 Å². The molecular formula is C19H21N3O3. The zero-order chi connectivity index (χ0) is 18.1. The highest BCUT2D eigenvalue weighted by Gasteiger charge is 2.09. The van der Waals surface area contributed by atoms with Gasteiger partial charge in [-0.1, -0.05) is 24.3 Å². The molecule has 0 unspecified atom stereocenters. The van der Waals surface area contributed by atoms with E-state index in [4.69, 9.17) is 14.9 Å². The molecular weight excluding hydrogens is 318 g/mol. The Morgan fingerprint density at radius 3 is 2.48 bits per heavy atom. The monoisotopic (exact) mass is 339 g/mol. The molecule has 6 heteroatoms. The summed E-state index contributed by atoms with van der Waals surface area (Å²) in [4.78, 5) is 12.0. The number of carbonyl (C=O) groups is 1. The number of hydrogen-bond donors (Lipinski definition) is 3. The molecule has 2 aromatic carbocycles. The predicted molar refractivity (Wildman–Crippen MR) is 98.3 cm³/mol. The van der Waals surface area contributed by atoms with Crippen molar-refractivity contribution in [3.05, 3.63) is 66.4 Å². The minimum Gasteiger partial charge on any atom is -0.493 e. The lowest BCUT2D eigenvalue weighted by Gasteiger charge is -2.09. The molecule has 0 saturated carbocycles. The molecule has 2 aromatic rings. The lowest BCUT2D eigenvalue weighted by Crippen LogP contribution is -2.29. The highest BCUT2D eigenvalue weighted by molar-refractivity contribution is 6.03. The van der Waals surface area contributed by atoms with Crippen molar-refractivity contribution >= 4 is 17.4 Å². The van der Waals surface area contributed by atoms with Crippen molar-refractivity contribution < 1.29 is 14.3 Å². The Bertz CT molecular complexity index is 758. The van der Waals surface area contributed by atoms with E-state index in [1.165, 1.54) is 6.08 Å². The molecule has 0 saturated heterocycles. The van der Waals surface area contributed by atoms with E-state index in [9.17, 15) is 4.79 Å².